The Morgan fingerprint density at radius 1 is 1.25 bits per heavy atom. The van der Waals surface area contributed by atoms with Crippen molar-refractivity contribution >= 4 is 23.9 Å². The highest BCUT2D eigenvalue weighted by Crippen LogP contribution is 2.47. The van der Waals surface area contributed by atoms with E-state index < -0.39 is 6.43 Å². The molecule has 0 aliphatic heterocycles. The lowest BCUT2D eigenvalue weighted by Gasteiger charge is -2.19. The summed E-state index contributed by atoms with van der Waals surface area (Å²) in [6, 6.07) is 17.2. The van der Waals surface area contributed by atoms with Gasteiger partial charge in [0.2, 0.25) is 5.91 Å². The third-order valence-corrected chi connectivity index (χ3v) is 7.95. The molecule has 40 heavy (non-hydrogen) atoms. The number of benzene rings is 2. The Balaban J connectivity index is 1.39. The second-order valence-corrected chi connectivity index (χ2v) is 11.8. The molecule has 208 valence electrons. The van der Waals surface area contributed by atoms with Crippen LogP contribution in [0.1, 0.15) is 78.6 Å². The van der Waals surface area contributed by atoms with Crippen LogP contribution in [-0.4, -0.2) is 24.2 Å². The molecule has 0 unspecified atom stereocenters. The minimum absolute atomic E-state index is 0.0858. The fourth-order valence-electron chi connectivity index (χ4n) is 4.49. The summed E-state index contributed by atoms with van der Waals surface area (Å²) >= 11 is 1.19. The molecule has 3 aromatic rings. The Kier molecular flexibility index (Phi) is 8.89. The Labute approximate surface area is 237 Å². The number of carbonyl (C=O) groups excluding carboxylic acids is 1. The highest BCUT2D eigenvalue weighted by Gasteiger charge is 2.44. The fourth-order valence-corrected chi connectivity index (χ4v) is 5.53. The first-order valence-electron chi connectivity index (χ1n) is 12.9. The van der Waals surface area contributed by atoms with Crippen molar-refractivity contribution in [1.29, 1.82) is 5.26 Å². The number of halogens is 2. The van der Waals surface area contributed by atoms with Gasteiger partial charge < -0.3 is 4.74 Å². The standard InChI is InChI=1S/C31H32F2N4O2S/c1-18-12-26(28(32)33)36-30(25(18)15-34)40-17-21-13-19(6-11-27(21)39-5)16-35-37-29(38)24-14-23(24)20-7-9-22(10-8-20)31(2,3)4/h6-13,16,23-24,28H,14,17H2,1-5H3,(H,37,38)/t23-,24-/m0/s1. The molecule has 1 aliphatic rings. The molecule has 1 aliphatic carbocycles. The summed E-state index contributed by atoms with van der Waals surface area (Å²) in [6.07, 6.45) is -0.373. The first-order valence-corrected chi connectivity index (χ1v) is 13.9. The van der Waals surface area contributed by atoms with Gasteiger partial charge in [0.25, 0.3) is 6.43 Å². The van der Waals surface area contributed by atoms with Crippen LogP contribution < -0.4 is 10.2 Å². The van der Waals surface area contributed by atoms with Crippen molar-refractivity contribution in [2.24, 2.45) is 11.0 Å². The van der Waals surface area contributed by atoms with Gasteiger partial charge in [-0.2, -0.15) is 10.4 Å². The molecule has 0 radical (unpaired) electrons. The molecule has 9 heteroatoms. The minimum Gasteiger partial charge on any atom is -0.496 e. The van der Waals surface area contributed by atoms with E-state index in [1.54, 1.807) is 32.4 Å². The van der Waals surface area contributed by atoms with Crippen LogP contribution in [0.2, 0.25) is 0 Å². The van der Waals surface area contributed by atoms with Crippen molar-refractivity contribution in [1.82, 2.24) is 10.4 Å². The lowest BCUT2D eigenvalue weighted by molar-refractivity contribution is -0.122. The molecule has 1 heterocycles. The van der Waals surface area contributed by atoms with Crippen LogP contribution in [-0.2, 0) is 16.0 Å². The number of ether oxygens (including phenoxy) is 1. The zero-order valence-corrected chi connectivity index (χ0v) is 24.0. The number of pyridine rings is 1. The maximum absolute atomic E-state index is 13.3. The van der Waals surface area contributed by atoms with E-state index in [0.29, 0.717) is 17.1 Å². The number of aryl methyl sites for hydroxylation is 1. The molecular formula is C31H32F2N4O2S. The Morgan fingerprint density at radius 2 is 1.98 bits per heavy atom. The molecular weight excluding hydrogens is 530 g/mol. The number of thioether (sulfide) groups is 1. The van der Waals surface area contributed by atoms with Crippen LogP contribution in [0.5, 0.6) is 5.75 Å². The van der Waals surface area contributed by atoms with Gasteiger partial charge in [0, 0.05) is 17.2 Å². The van der Waals surface area contributed by atoms with Gasteiger partial charge in [-0.1, -0.05) is 45.0 Å². The number of amides is 1. The second-order valence-electron chi connectivity index (χ2n) is 10.9. The largest absolute Gasteiger partial charge is 0.496 e. The van der Waals surface area contributed by atoms with Gasteiger partial charge in [-0.25, -0.2) is 19.2 Å². The molecule has 1 saturated carbocycles. The summed E-state index contributed by atoms with van der Waals surface area (Å²) in [7, 11) is 1.54. The summed E-state index contributed by atoms with van der Waals surface area (Å²) < 4.78 is 32.0. The van der Waals surface area contributed by atoms with Crippen molar-refractivity contribution in [2.45, 2.75) is 62.7 Å². The number of rotatable bonds is 9. The molecule has 0 saturated heterocycles. The average molecular weight is 563 g/mol. The van der Waals surface area contributed by atoms with Crippen LogP contribution in [0.3, 0.4) is 0 Å². The van der Waals surface area contributed by atoms with Crippen molar-refractivity contribution in [3.8, 4) is 11.8 Å². The van der Waals surface area contributed by atoms with E-state index in [2.05, 4.69) is 66.6 Å². The third kappa shape index (κ3) is 6.86. The summed E-state index contributed by atoms with van der Waals surface area (Å²) in [5.74, 6) is 0.924. The third-order valence-electron chi connectivity index (χ3n) is 6.93. The molecule has 1 N–H and O–H groups in total. The number of hydrogen-bond acceptors (Lipinski definition) is 6. The highest BCUT2D eigenvalue weighted by atomic mass is 32.2. The summed E-state index contributed by atoms with van der Waals surface area (Å²) in [5, 5.41) is 13.9. The summed E-state index contributed by atoms with van der Waals surface area (Å²) in [4.78, 5) is 16.7. The molecule has 2 aromatic carbocycles. The number of nitrogens with zero attached hydrogens (tertiary/aromatic N) is 3. The number of nitrogens with one attached hydrogen (secondary N) is 1. The van der Waals surface area contributed by atoms with Crippen molar-refractivity contribution in [3.63, 3.8) is 0 Å². The summed E-state index contributed by atoms with van der Waals surface area (Å²) in [6.45, 7) is 8.15. The molecule has 2 atom stereocenters. The van der Waals surface area contributed by atoms with E-state index in [0.717, 1.165) is 23.1 Å². The molecule has 4 rings (SSSR count). The fraction of sp³-hybridized carbons (Fsp3) is 0.355. The van der Waals surface area contributed by atoms with E-state index in [1.807, 2.05) is 6.07 Å². The number of aromatic nitrogens is 1. The lowest BCUT2D eigenvalue weighted by atomic mass is 9.86. The van der Waals surface area contributed by atoms with Crippen LogP contribution in [0, 0.1) is 24.2 Å². The first kappa shape index (κ1) is 29.2. The van der Waals surface area contributed by atoms with E-state index in [9.17, 15) is 18.8 Å². The topological polar surface area (TPSA) is 87.4 Å². The summed E-state index contributed by atoms with van der Waals surface area (Å²) in [5.41, 5.74) is 7.04. The second kappa shape index (κ2) is 12.2. The number of alkyl halides is 2. The monoisotopic (exact) mass is 562 g/mol. The van der Waals surface area contributed by atoms with Crippen LogP contribution in [0.15, 0.2) is 58.7 Å². The van der Waals surface area contributed by atoms with Crippen LogP contribution in [0.25, 0.3) is 0 Å². The number of hydrazone groups is 1. The molecule has 1 fully saturated rings. The van der Waals surface area contributed by atoms with Gasteiger partial charge in [-0.15, -0.1) is 11.8 Å². The van der Waals surface area contributed by atoms with Gasteiger partial charge in [-0.05, 0) is 71.2 Å². The van der Waals surface area contributed by atoms with Crippen molar-refractivity contribution < 1.29 is 18.3 Å². The molecule has 0 bridgehead atoms. The Bertz CT molecular complexity index is 1460. The number of hydrogen-bond donors (Lipinski definition) is 1. The van der Waals surface area contributed by atoms with Crippen LogP contribution in [0.4, 0.5) is 8.78 Å². The molecule has 1 amide bonds. The minimum atomic E-state index is -2.73. The average Bonchev–Trinajstić information content (AvgIpc) is 3.72. The first-order chi connectivity index (χ1) is 19.0. The lowest BCUT2D eigenvalue weighted by Crippen LogP contribution is -2.20. The predicted octanol–water partition coefficient (Wildman–Crippen LogP) is 7.05. The van der Waals surface area contributed by atoms with E-state index in [-0.39, 0.29) is 39.4 Å². The normalized spacial score (nSPS) is 16.7. The van der Waals surface area contributed by atoms with E-state index in [4.69, 9.17) is 4.74 Å². The quantitative estimate of drug-likeness (QED) is 0.172. The molecule has 1 aromatic heterocycles. The highest BCUT2D eigenvalue weighted by molar-refractivity contribution is 7.98. The number of nitriles is 1. The zero-order chi connectivity index (χ0) is 29.0. The van der Waals surface area contributed by atoms with Crippen molar-refractivity contribution in [2.75, 3.05) is 7.11 Å². The molecule has 0 spiro atoms. The maximum Gasteiger partial charge on any atom is 0.280 e. The van der Waals surface area contributed by atoms with Gasteiger partial charge in [0.15, 0.2) is 0 Å². The number of methoxy groups -OCH3 is 1. The Morgan fingerprint density at radius 3 is 2.60 bits per heavy atom. The van der Waals surface area contributed by atoms with Gasteiger partial charge in [0.05, 0.1) is 18.9 Å². The smallest absolute Gasteiger partial charge is 0.280 e. The van der Waals surface area contributed by atoms with Gasteiger partial charge in [0.1, 0.15) is 22.5 Å². The van der Waals surface area contributed by atoms with Gasteiger partial charge >= 0.3 is 0 Å². The zero-order valence-electron chi connectivity index (χ0n) is 23.2. The van der Waals surface area contributed by atoms with E-state index >= 15 is 0 Å². The Hall–Kier alpha value is -3.77. The van der Waals surface area contributed by atoms with Crippen molar-refractivity contribution in [3.05, 3.63) is 87.6 Å². The SMILES string of the molecule is COc1ccc(C=NNC(=O)[C@H]2C[C@H]2c2ccc(C(C)(C)C)cc2)cc1CSc1nc(C(F)F)cc(C)c1C#N. The van der Waals surface area contributed by atoms with E-state index in [1.165, 1.54) is 23.4 Å². The van der Waals surface area contributed by atoms with Crippen LogP contribution >= 0.6 is 11.8 Å². The van der Waals surface area contributed by atoms with Gasteiger partial charge in [-0.3, -0.25) is 4.79 Å². The molecule has 6 nitrogen and oxygen atoms in total. The predicted molar refractivity (Wildman–Crippen MR) is 153 cm³/mol. The number of carbonyl (C=O) groups is 1. The maximum atomic E-state index is 13.3.